The highest BCUT2D eigenvalue weighted by molar-refractivity contribution is 5.81. The fourth-order valence-corrected chi connectivity index (χ4v) is 1.91. The van der Waals surface area contributed by atoms with Crippen LogP contribution < -0.4 is 15.8 Å². The zero-order valence-corrected chi connectivity index (χ0v) is 12.3. The molecule has 5 heteroatoms. The Balaban J connectivity index is 2.64. The molecule has 1 amide bonds. The molecule has 0 saturated carbocycles. The second kappa shape index (κ2) is 7.85. The van der Waals surface area contributed by atoms with Crippen LogP contribution in [-0.2, 0) is 4.79 Å². The van der Waals surface area contributed by atoms with Gasteiger partial charge < -0.3 is 15.8 Å². The number of amides is 1. The number of carbonyl (C=O) groups excluding carboxylic acids is 1. The fraction of sp³-hybridized carbons (Fsp3) is 0.533. The van der Waals surface area contributed by atoms with Crippen molar-refractivity contribution in [2.45, 2.75) is 45.2 Å². The van der Waals surface area contributed by atoms with Gasteiger partial charge in [-0.05, 0) is 31.0 Å². The number of hydrogen-bond acceptors (Lipinski definition) is 3. The number of methoxy groups -OCH3 is 1. The van der Waals surface area contributed by atoms with E-state index < -0.39 is 11.9 Å². The Kier molecular flexibility index (Phi) is 6.45. The van der Waals surface area contributed by atoms with Crippen molar-refractivity contribution in [3.8, 4) is 5.75 Å². The van der Waals surface area contributed by atoms with Crippen molar-refractivity contribution in [3.63, 3.8) is 0 Å². The second-order valence-corrected chi connectivity index (χ2v) is 4.87. The third-order valence-electron chi connectivity index (χ3n) is 3.24. The molecule has 1 aromatic carbocycles. The van der Waals surface area contributed by atoms with Crippen LogP contribution in [0.4, 0.5) is 4.39 Å². The molecule has 1 rings (SSSR count). The van der Waals surface area contributed by atoms with E-state index in [0.29, 0.717) is 12.0 Å². The maximum atomic E-state index is 13.6. The molecule has 2 atom stereocenters. The van der Waals surface area contributed by atoms with E-state index in [2.05, 4.69) is 5.32 Å². The summed E-state index contributed by atoms with van der Waals surface area (Å²) in [7, 11) is 1.41. The Hall–Kier alpha value is -1.62. The normalized spacial score (nSPS) is 13.7. The van der Waals surface area contributed by atoms with Gasteiger partial charge in [0.05, 0.1) is 19.2 Å². The second-order valence-electron chi connectivity index (χ2n) is 4.87. The topological polar surface area (TPSA) is 64.4 Å². The first-order valence-electron chi connectivity index (χ1n) is 6.89. The molecule has 0 aliphatic carbocycles. The number of unbranched alkanes of at least 4 members (excludes halogenated alkanes) is 1. The zero-order valence-electron chi connectivity index (χ0n) is 12.3. The number of nitrogens with one attached hydrogen (secondary N) is 1. The van der Waals surface area contributed by atoms with Crippen molar-refractivity contribution in [3.05, 3.63) is 29.6 Å². The van der Waals surface area contributed by atoms with Crippen molar-refractivity contribution in [2.75, 3.05) is 7.11 Å². The first-order valence-corrected chi connectivity index (χ1v) is 6.89. The van der Waals surface area contributed by atoms with Crippen LogP contribution >= 0.6 is 0 Å². The van der Waals surface area contributed by atoms with Crippen LogP contribution in [0.5, 0.6) is 5.75 Å². The number of ether oxygens (including phenoxy) is 1. The van der Waals surface area contributed by atoms with E-state index in [-0.39, 0.29) is 17.7 Å². The predicted octanol–water partition coefficient (Wildman–Crippen LogP) is 2.53. The van der Waals surface area contributed by atoms with Crippen LogP contribution in [0.3, 0.4) is 0 Å². The molecule has 4 nitrogen and oxygen atoms in total. The molecule has 0 aromatic heterocycles. The third-order valence-corrected chi connectivity index (χ3v) is 3.24. The Labute approximate surface area is 119 Å². The van der Waals surface area contributed by atoms with Crippen molar-refractivity contribution >= 4 is 5.91 Å². The van der Waals surface area contributed by atoms with Gasteiger partial charge in [0, 0.05) is 0 Å². The van der Waals surface area contributed by atoms with E-state index in [1.165, 1.54) is 13.2 Å². The average molecular weight is 282 g/mol. The first kappa shape index (κ1) is 16.4. The highest BCUT2D eigenvalue weighted by Crippen LogP contribution is 2.21. The SMILES string of the molecule is CCCCC(N)C(=O)NC(C)c1ccc(OC)c(F)c1. The van der Waals surface area contributed by atoms with E-state index >= 15 is 0 Å². The van der Waals surface area contributed by atoms with E-state index in [4.69, 9.17) is 10.5 Å². The lowest BCUT2D eigenvalue weighted by molar-refractivity contribution is -0.123. The number of nitrogens with two attached hydrogens (primary N) is 1. The number of rotatable bonds is 7. The monoisotopic (exact) mass is 282 g/mol. The van der Waals surface area contributed by atoms with Gasteiger partial charge in [-0.25, -0.2) is 4.39 Å². The molecule has 3 N–H and O–H groups in total. The van der Waals surface area contributed by atoms with Gasteiger partial charge in [0.15, 0.2) is 11.6 Å². The molecule has 1 aromatic rings. The minimum Gasteiger partial charge on any atom is -0.494 e. The van der Waals surface area contributed by atoms with Gasteiger partial charge in [0.1, 0.15) is 0 Å². The predicted molar refractivity (Wildman–Crippen MR) is 77.0 cm³/mol. The largest absolute Gasteiger partial charge is 0.494 e. The third kappa shape index (κ3) is 4.49. The highest BCUT2D eigenvalue weighted by atomic mass is 19.1. The van der Waals surface area contributed by atoms with Crippen molar-refractivity contribution in [2.24, 2.45) is 5.73 Å². The molecule has 0 radical (unpaired) electrons. The molecule has 0 aliphatic rings. The van der Waals surface area contributed by atoms with Gasteiger partial charge in [0.25, 0.3) is 0 Å². The Bertz CT molecular complexity index is 451. The van der Waals surface area contributed by atoms with Crippen LogP contribution in [0.25, 0.3) is 0 Å². The number of halogens is 1. The summed E-state index contributed by atoms with van der Waals surface area (Å²) < 4.78 is 18.5. The molecule has 2 unspecified atom stereocenters. The number of benzene rings is 1. The summed E-state index contributed by atoms with van der Waals surface area (Å²) in [6.07, 6.45) is 2.58. The van der Waals surface area contributed by atoms with E-state index in [1.54, 1.807) is 19.1 Å². The van der Waals surface area contributed by atoms with Crippen LogP contribution in [0, 0.1) is 5.82 Å². The molecule has 0 heterocycles. The summed E-state index contributed by atoms with van der Waals surface area (Å²) in [5, 5.41) is 2.80. The Morgan fingerprint density at radius 2 is 2.20 bits per heavy atom. The Morgan fingerprint density at radius 3 is 2.75 bits per heavy atom. The summed E-state index contributed by atoms with van der Waals surface area (Å²) in [6, 6.07) is 3.83. The van der Waals surface area contributed by atoms with Gasteiger partial charge in [-0.15, -0.1) is 0 Å². The zero-order chi connectivity index (χ0) is 15.1. The van der Waals surface area contributed by atoms with Gasteiger partial charge >= 0.3 is 0 Å². The summed E-state index contributed by atoms with van der Waals surface area (Å²) in [5.41, 5.74) is 6.48. The first-order chi connectivity index (χ1) is 9.49. The van der Waals surface area contributed by atoms with Crippen LogP contribution in [-0.4, -0.2) is 19.1 Å². The lowest BCUT2D eigenvalue weighted by Gasteiger charge is -2.18. The van der Waals surface area contributed by atoms with Gasteiger partial charge in [0.2, 0.25) is 5.91 Å². The maximum absolute atomic E-state index is 13.6. The molecule has 0 fully saturated rings. The van der Waals surface area contributed by atoms with Crippen molar-refractivity contribution < 1.29 is 13.9 Å². The van der Waals surface area contributed by atoms with E-state index in [0.717, 1.165) is 12.8 Å². The molecule has 0 saturated heterocycles. The minimum absolute atomic E-state index is 0.187. The lowest BCUT2D eigenvalue weighted by atomic mass is 10.1. The lowest BCUT2D eigenvalue weighted by Crippen LogP contribution is -2.41. The van der Waals surface area contributed by atoms with Gasteiger partial charge in [-0.2, -0.15) is 0 Å². The van der Waals surface area contributed by atoms with Gasteiger partial charge in [-0.1, -0.05) is 25.8 Å². The highest BCUT2D eigenvalue weighted by Gasteiger charge is 2.17. The molecule has 0 aliphatic heterocycles. The van der Waals surface area contributed by atoms with E-state index in [1.807, 2.05) is 6.92 Å². The number of carbonyl (C=O) groups is 1. The summed E-state index contributed by atoms with van der Waals surface area (Å²) in [5.74, 6) is -0.463. The standard InChI is InChI=1S/C15H23FN2O2/c1-4-5-6-13(17)15(19)18-10(2)11-7-8-14(20-3)12(16)9-11/h7-10,13H,4-6,17H2,1-3H3,(H,18,19). The van der Waals surface area contributed by atoms with Crippen LogP contribution in [0.15, 0.2) is 18.2 Å². The maximum Gasteiger partial charge on any atom is 0.237 e. The molecule has 112 valence electrons. The average Bonchev–Trinajstić information content (AvgIpc) is 2.44. The van der Waals surface area contributed by atoms with Crippen LogP contribution in [0.1, 0.15) is 44.7 Å². The van der Waals surface area contributed by atoms with E-state index in [9.17, 15) is 9.18 Å². The van der Waals surface area contributed by atoms with Crippen molar-refractivity contribution in [1.29, 1.82) is 0 Å². The molecule has 0 bridgehead atoms. The minimum atomic E-state index is -0.513. The fourth-order valence-electron chi connectivity index (χ4n) is 1.91. The molecular weight excluding hydrogens is 259 g/mol. The summed E-state index contributed by atoms with van der Waals surface area (Å²) in [4.78, 5) is 11.9. The summed E-state index contributed by atoms with van der Waals surface area (Å²) in [6.45, 7) is 3.85. The van der Waals surface area contributed by atoms with Gasteiger partial charge in [-0.3, -0.25) is 4.79 Å². The smallest absolute Gasteiger partial charge is 0.237 e. The quantitative estimate of drug-likeness (QED) is 0.807. The molecular formula is C15H23FN2O2. The van der Waals surface area contributed by atoms with Crippen LogP contribution in [0.2, 0.25) is 0 Å². The Morgan fingerprint density at radius 1 is 1.50 bits per heavy atom. The van der Waals surface area contributed by atoms with Crippen molar-refractivity contribution in [1.82, 2.24) is 5.32 Å². The molecule has 0 spiro atoms. The summed E-state index contributed by atoms with van der Waals surface area (Å²) >= 11 is 0. The molecule has 20 heavy (non-hydrogen) atoms. The number of hydrogen-bond donors (Lipinski definition) is 2.